The second-order valence-corrected chi connectivity index (χ2v) is 6.77. The Bertz CT molecular complexity index is 831. The van der Waals surface area contributed by atoms with Crippen LogP contribution in [0.5, 0.6) is 5.75 Å². The number of thioether (sulfide) groups is 1. The minimum Gasteiger partial charge on any atom is -0.497 e. The number of anilines is 1. The molecule has 124 valence electrons. The molecule has 2 heterocycles. The molecule has 10 heteroatoms. The summed E-state index contributed by atoms with van der Waals surface area (Å²) in [6, 6.07) is 7.37. The fraction of sp³-hybridized carbons (Fsp3) is 0.214. The van der Waals surface area contributed by atoms with Gasteiger partial charge in [0.05, 0.1) is 12.9 Å². The Morgan fingerprint density at radius 2 is 2.04 bits per heavy atom. The number of rotatable bonds is 6. The van der Waals surface area contributed by atoms with Gasteiger partial charge in [-0.2, -0.15) is 0 Å². The second kappa shape index (κ2) is 7.41. The van der Waals surface area contributed by atoms with Crippen molar-refractivity contribution in [2.75, 3.05) is 12.4 Å². The van der Waals surface area contributed by atoms with E-state index in [9.17, 15) is 4.79 Å². The van der Waals surface area contributed by atoms with Crippen molar-refractivity contribution in [1.29, 1.82) is 0 Å². The van der Waals surface area contributed by atoms with Crippen molar-refractivity contribution < 1.29 is 13.9 Å². The van der Waals surface area contributed by atoms with E-state index >= 15 is 0 Å². The molecule has 1 amide bonds. The van der Waals surface area contributed by atoms with Gasteiger partial charge in [-0.3, -0.25) is 4.79 Å². The Morgan fingerprint density at radius 3 is 2.75 bits per heavy atom. The first-order valence-corrected chi connectivity index (χ1v) is 8.65. The van der Waals surface area contributed by atoms with Crippen molar-refractivity contribution in [2.45, 2.75) is 17.0 Å². The third kappa shape index (κ3) is 4.09. The number of hydrogen-bond acceptors (Lipinski definition) is 9. The van der Waals surface area contributed by atoms with Gasteiger partial charge in [0.15, 0.2) is 4.34 Å². The lowest BCUT2D eigenvalue weighted by atomic mass is 10.2. The van der Waals surface area contributed by atoms with Crippen LogP contribution in [0.15, 0.2) is 33.0 Å². The van der Waals surface area contributed by atoms with Gasteiger partial charge in [-0.05, 0) is 24.3 Å². The molecule has 0 aliphatic heterocycles. The van der Waals surface area contributed by atoms with Gasteiger partial charge in [0.1, 0.15) is 5.75 Å². The first-order valence-electron chi connectivity index (χ1n) is 6.85. The lowest BCUT2D eigenvalue weighted by Gasteiger charge is -1.99. The predicted octanol–water partition coefficient (Wildman–Crippen LogP) is 2.85. The fourth-order valence-corrected chi connectivity index (χ4v) is 3.39. The molecule has 0 bridgehead atoms. The Balaban J connectivity index is 1.61. The Labute approximate surface area is 145 Å². The highest BCUT2D eigenvalue weighted by Gasteiger charge is 2.11. The van der Waals surface area contributed by atoms with Crippen LogP contribution in [0, 0.1) is 0 Å². The van der Waals surface area contributed by atoms with Gasteiger partial charge in [0.2, 0.25) is 22.8 Å². The van der Waals surface area contributed by atoms with E-state index in [1.54, 1.807) is 7.11 Å². The molecule has 0 fully saturated rings. The summed E-state index contributed by atoms with van der Waals surface area (Å²) in [5, 5.41) is 19.0. The van der Waals surface area contributed by atoms with Crippen LogP contribution in [0.1, 0.15) is 12.8 Å². The second-order valence-electron chi connectivity index (χ2n) is 4.57. The van der Waals surface area contributed by atoms with Crippen molar-refractivity contribution in [3.05, 3.63) is 30.2 Å². The van der Waals surface area contributed by atoms with Gasteiger partial charge >= 0.3 is 0 Å². The molecule has 0 atom stereocenters. The minimum atomic E-state index is -0.177. The lowest BCUT2D eigenvalue weighted by Crippen LogP contribution is -2.04. The zero-order valence-corrected chi connectivity index (χ0v) is 14.5. The van der Waals surface area contributed by atoms with Crippen molar-refractivity contribution in [2.24, 2.45) is 0 Å². The zero-order chi connectivity index (χ0) is 16.9. The van der Waals surface area contributed by atoms with E-state index in [-0.39, 0.29) is 5.91 Å². The topological polar surface area (TPSA) is 103 Å². The number of methoxy groups -OCH3 is 1. The molecule has 1 aromatic carbocycles. The number of carbonyl (C=O) groups excluding carboxylic acids is 1. The maximum Gasteiger partial charge on any atom is 0.247 e. The van der Waals surface area contributed by atoms with Gasteiger partial charge in [0, 0.05) is 12.5 Å². The summed E-state index contributed by atoms with van der Waals surface area (Å²) in [5.41, 5.74) is 0.823. The summed E-state index contributed by atoms with van der Waals surface area (Å²) >= 11 is 2.71. The van der Waals surface area contributed by atoms with Crippen molar-refractivity contribution >= 4 is 34.1 Å². The highest BCUT2D eigenvalue weighted by atomic mass is 32.2. The SMILES string of the molecule is COc1ccc(-c2nnc(CSc3nnc(NC(C)=O)s3)o2)cc1. The van der Waals surface area contributed by atoms with E-state index in [0.29, 0.717) is 27.0 Å². The summed E-state index contributed by atoms with van der Waals surface area (Å²) < 4.78 is 11.5. The summed E-state index contributed by atoms with van der Waals surface area (Å²) in [6.07, 6.45) is 0. The highest BCUT2D eigenvalue weighted by Crippen LogP contribution is 2.29. The van der Waals surface area contributed by atoms with E-state index in [2.05, 4.69) is 25.7 Å². The number of nitrogens with one attached hydrogen (secondary N) is 1. The summed E-state index contributed by atoms with van der Waals surface area (Å²) in [6.45, 7) is 1.42. The predicted molar refractivity (Wildman–Crippen MR) is 90.1 cm³/mol. The van der Waals surface area contributed by atoms with Crippen LogP contribution < -0.4 is 10.1 Å². The van der Waals surface area contributed by atoms with Crippen molar-refractivity contribution in [3.63, 3.8) is 0 Å². The van der Waals surface area contributed by atoms with Crippen LogP contribution in [-0.4, -0.2) is 33.4 Å². The summed E-state index contributed by atoms with van der Waals surface area (Å²) in [4.78, 5) is 11.0. The zero-order valence-electron chi connectivity index (χ0n) is 12.8. The van der Waals surface area contributed by atoms with E-state index in [4.69, 9.17) is 9.15 Å². The van der Waals surface area contributed by atoms with Gasteiger partial charge in [0.25, 0.3) is 0 Å². The molecule has 3 aromatic rings. The van der Waals surface area contributed by atoms with Crippen LogP contribution in [0.2, 0.25) is 0 Å². The molecular formula is C14H13N5O3S2. The van der Waals surface area contributed by atoms with E-state index in [1.807, 2.05) is 24.3 Å². The number of amides is 1. The van der Waals surface area contributed by atoms with Crippen molar-refractivity contribution in [3.8, 4) is 17.2 Å². The maximum atomic E-state index is 11.0. The first kappa shape index (κ1) is 16.4. The van der Waals surface area contributed by atoms with Crippen LogP contribution in [0.25, 0.3) is 11.5 Å². The summed E-state index contributed by atoms with van der Waals surface area (Å²) in [5.74, 6) is 1.99. The average Bonchev–Trinajstić information content (AvgIpc) is 3.22. The molecule has 0 spiro atoms. The molecule has 0 saturated heterocycles. The summed E-state index contributed by atoms with van der Waals surface area (Å²) in [7, 11) is 1.61. The molecule has 24 heavy (non-hydrogen) atoms. The van der Waals surface area contributed by atoms with E-state index in [1.165, 1.54) is 30.0 Å². The fourth-order valence-electron chi connectivity index (χ4n) is 1.75. The van der Waals surface area contributed by atoms with E-state index < -0.39 is 0 Å². The van der Waals surface area contributed by atoms with Gasteiger partial charge in [-0.25, -0.2) is 0 Å². The Kier molecular flexibility index (Phi) is 5.06. The van der Waals surface area contributed by atoms with Gasteiger partial charge in [-0.15, -0.1) is 20.4 Å². The monoisotopic (exact) mass is 363 g/mol. The van der Waals surface area contributed by atoms with E-state index in [0.717, 1.165) is 11.3 Å². The molecular weight excluding hydrogens is 350 g/mol. The minimum absolute atomic E-state index is 0.177. The largest absolute Gasteiger partial charge is 0.497 e. The molecule has 8 nitrogen and oxygen atoms in total. The van der Waals surface area contributed by atoms with Crippen LogP contribution in [0.4, 0.5) is 5.13 Å². The number of aromatic nitrogens is 4. The third-order valence-electron chi connectivity index (χ3n) is 2.81. The quantitative estimate of drug-likeness (QED) is 0.527. The highest BCUT2D eigenvalue weighted by molar-refractivity contribution is 8.00. The number of benzene rings is 1. The number of hydrogen-bond donors (Lipinski definition) is 1. The molecule has 0 aliphatic carbocycles. The third-order valence-corrected chi connectivity index (χ3v) is 4.77. The molecule has 0 unspecified atom stereocenters. The molecule has 2 aromatic heterocycles. The molecule has 0 aliphatic rings. The van der Waals surface area contributed by atoms with Crippen molar-refractivity contribution in [1.82, 2.24) is 20.4 Å². The standard InChI is InChI=1S/C14H13N5O3S2/c1-8(20)15-13-18-19-14(24-13)23-7-11-16-17-12(22-11)9-3-5-10(21-2)6-4-9/h3-6H,7H2,1-2H3,(H,15,18,20). The molecule has 0 saturated carbocycles. The average molecular weight is 363 g/mol. The number of nitrogens with zero attached hydrogens (tertiary/aromatic N) is 4. The molecule has 3 rings (SSSR count). The van der Waals surface area contributed by atoms with Crippen LogP contribution in [0.3, 0.4) is 0 Å². The van der Waals surface area contributed by atoms with Crippen LogP contribution >= 0.6 is 23.1 Å². The van der Waals surface area contributed by atoms with Gasteiger partial charge < -0.3 is 14.5 Å². The Morgan fingerprint density at radius 1 is 1.25 bits per heavy atom. The normalized spacial score (nSPS) is 10.6. The first-order chi connectivity index (χ1) is 11.6. The van der Waals surface area contributed by atoms with Crippen LogP contribution in [-0.2, 0) is 10.5 Å². The molecule has 0 radical (unpaired) electrons. The van der Waals surface area contributed by atoms with Gasteiger partial charge in [-0.1, -0.05) is 23.1 Å². The Hall–Kier alpha value is -2.46. The molecule has 1 N–H and O–H groups in total. The maximum absolute atomic E-state index is 11.0. The number of carbonyl (C=O) groups is 1. The smallest absolute Gasteiger partial charge is 0.247 e. The number of ether oxygens (including phenoxy) is 1. The lowest BCUT2D eigenvalue weighted by molar-refractivity contribution is -0.114.